The van der Waals surface area contributed by atoms with E-state index >= 15 is 0 Å². The fourth-order valence-corrected chi connectivity index (χ4v) is 8.08. The van der Waals surface area contributed by atoms with E-state index in [1.807, 2.05) is 28.8 Å². The second-order valence-electron chi connectivity index (χ2n) is 11.8. The van der Waals surface area contributed by atoms with Crippen molar-refractivity contribution < 1.29 is 14.7 Å². The highest BCUT2D eigenvalue weighted by Crippen LogP contribution is 2.47. The van der Waals surface area contributed by atoms with Crippen molar-refractivity contribution in [1.82, 2.24) is 14.5 Å². The van der Waals surface area contributed by atoms with Crippen molar-refractivity contribution in [2.75, 3.05) is 6.61 Å². The maximum atomic E-state index is 13.8. The lowest BCUT2D eigenvalue weighted by Crippen LogP contribution is -2.52. The van der Waals surface area contributed by atoms with Crippen LogP contribution in [0, 0.1) is 11.8 Å². The van der Waals surface area contributed by atoms with Crippen LogP contribution in [0.4, 0.5) is 0 Å². The third-order valence-corrected chi connectivity index (χ3v) is 9.43. The summed E-state index contributed by atoms with van der Waals surface area (Å²) < 4.78 is 1.96. The molecule has 2 aromatic rings. The lowest BCUT2D eigenvalue weighted by atomic mass is 9.76. The summed E-state index contributed by atoms with van der Waals surface area (Å²) in [4.78, 5) is 37.1. The van der Waals surface area contributed by atoms with Crippen LogP contribution in [0.2, 0.25) is 0 Å². The summed E-state index contributed by atoms with van der Waals surface area (Å²) in [6, 6.07) is 9.69. The molecule has 4 fully saturated rings. The quantitative estimate of drug-likeness (QED) is 0.449. The van der Waals surface area contributed by atoms with E-state index in [1.165, 1.54) is 57.8 Å². The molecule has 8 heteroatoms. The van der Waals surface area contributed by atoms with Gasteiger partial charge in [-0.25, -0.2) is 9.78 Å². The highest BCUT2D eigenvalue weighted by molar-refractivity contribution is 5.97. The Bertz CT molecular complexity index is 1230. The number of aromatic nitrogens is 2. The second-order valence-corrected chi connectivity index (χ2v) is 11.8. The molecule has 2 aliphatic heterocycles. The number of piperidine rings is 1. The molecule has 1 aromatic carbocycles. The summed E-state index contributed by atoms with van der Waals surface area (Å²) in [5.41, 5.74) is 1.97. The van der Waals surface area contributed by atoms with Crippen molar-refractivity contribution in [2.24, 2.45) is 17.0 Å². The van der Waals surface area contributed by atoms with E-state index in [0.29, 0.717) is 23.8 Å². The smallest absolute Gasteiger partial charge is 0.344 e. The topological polar surface area (TPSA) is 97.0 Å². The van der Waals surface area contributed by atoms with Gasteiger partial charge in [-0.05, 0) is 75.8 Å². The zero-order valence-electron chi connectivity index (χ0n) is 21.7. The lowest BCUT2D eigenvalue weighted by Gasteiger charge is -2.48. The number of aliphatic carboxylic acids is 1. The number of fused-ring (bicyclic) bond motifs is 5. The van der Waals surface area contributed by atoms with E-state index in [2.05, 4.69) is 15.0 Å². The first-order valence-corrected chi connectivity index (χ1v) is 14.2. The summed E-state index contributed by atoms with van der Waals surface area (Å²) >= 11 is 0. The first kappa shape index (κ1) is 24.6. The van der Waals surface area contributed by atoms with E-state index < -0.39 is 12.6 Å². The van der Waals surface area contributed by atoms with Crippen LogP contribution in [0.25, 0.3) is 11.0 Å². The Hall–Kier alpha value is -2.74. The van der Waals surface area contributed by atoms with Crippen molar-refractivity contribution in [3.8, 4) is 0 Å². The Morgan fingerprint density at radius 1 is 0.973 bits per heavy atom. The molecule has 8 nitrogen and oxygen atoms in total. The molecule has 2 saturated carbocycles. The number of nitrogens with zero attached hydrogens (tertiary/aromatic N) is 4. The number of carbonyl (C=O) groups is 1. The zero-order chi connectivity index (χ0) is 25.5. The normalized spacial score (nSPS) is 32.3. The van der Waals surface area contributed by atoms with Gasteiger partial charge in [0.15, 0.2) is 5.69 Å². The SMILES string of the molecule is C/C(=N\OCC(=O)O)c1nc2ccccc2n([C@H]2C[C@H]3CC[C@@H](C2)N3C2C[C@H]3CCCC[C@@H](C2)C3)c1=O. The summed E-state index contributed by atoms with van der Waals surface area (Å²) in [7, 11) is 0. The van der Waals surface area contributed by atoms with Crippen LogP contribution in [0.1, 0.15) is 89.3 Å². The van der Waals surface area contributed by atoms with E-state index in [9.17, 15) is 9.59 Å². The van der Waals surface area contributed by atoms with Gasteiger partial charge in [0.05, 0.1) is 11.0 Å². The largest absolute Gasteiger partial charge is 0.479 e. The molecule has 198 valence electrons. The number of oxime groups is 1. The Labute approximate surface area is 217 Å². The predicted molar refractivity (Wildman–Crippen MR) is 142 cm³/mol. The van der Waals surface area contributed by atoms with Gasteiger partial charge >= 0.3 is 5.97 Å². The van der Waals surface area contributed by atoms with E-state index in [-0.39, 0.29) is 17.3 Å². The Morgan fingerprint density at radius 3 is 2.32 bits per heavy atom. The van der Waals surface area contributed by atoms with Gasteiger partial charge in [-0.15, -0.1) is 0 Å². The molecule has 1 N–H and O–H groups in total. The number of hydrogen-bond donors (Lipinski definition) is 1. The van der Waals surface area contributed by atoms with Crippen LogP contribution in [-0.2, 0) is 9.63 Å². The molecule has 3 heterocycles. The molecule has 1 aromatic heterocycles. The van der Waals surface area contributed by atoms with Gasteiger partial charge in [0.25, 0.3) is 5.56 Å². The van der Waals surface area contributed by atoms with Crippen molar-refractivity contribution in [2.45, 2.75) is 102 Å². The molecule has 0 spiro atoms. The summed E-state index contributed by atoms with van der Waals surface area (Å²) in [6.07, 6.45) is 14.2. The fourth-order valence-electron chi connectivity index (χ4n) is 8.08. The molecular weight excluding hydrogens is 468 g/mol. The van der Waals surface area contributed by atoms with Crippen LogP contribution in [0.5, 0.6) is 0 Å². The molecule has 0 amide bonds. The van der Waals surface area contributed by atoms with Gasteiger partial charge in [0.2, 0.25) is 6.61 Å². The van der Waals surface area contributed by atoms with Crippen molar-refractivity contribution in [3.63, 3.8) is 0 Å². The van der Waals surface area contributed by atoms with Gasteiger partial charge in [-0.3, -0.25) is 9.69 Å². The minimum atomic E-state index is -1.11. The Morgan fingerprint density at radius 2 is 1.65 bits per heavy atom. The third-order valence-electron chi connectivity index (χ3n) is 9.43. The number of benzene rings is 1. The molecule has 6 atom stereocenters. The minimum Gasteiger partial charge on any atom is -0.479 e. The van der Waals surface area contributed by atoms with Gasteiger partial charge in [-0.1, -0.05) is 43.0 Å². The summed E-state index contributed by atoms with van der Waals surface area (Å²) in [5.74, 6) is 0.700. The van der Waals surface area contributed by atoms with E-state index in [4.69, 9.17) is 9.94 Å². The van der Waals surface area contributed by atoms with Crippen LogP contribution in [0.3, 0.4) is 0 Å². The number of carboxylic acids is 1. The van der Waals surface area contributed by atoms with Gasteiger partial charge in [0, 0.05) is 24.2 Å². The molecular formula is C29H38N4O4. The minimum absolute atomic E-state index is 0.117. The molecule has 37 heavy (non-hydrogen) atoms. The average molecular weight is 507 g/mol. The highest BCUT2D eigenvalue weighted by atomic mass is 16.6. The van der Waals surface area contributed by atoms with Crippen molar-refractivity contribution >= 4 is 22.7 Å². The average Bonchev–Trinajstić information content (AvgIpc) is 3.03. The van der Waals surface area contributed by atoms with Gasteiger partial charge in [-0.2, -0.15) is 0 Å². The standard InChI is InChI=1S/C29H38N4O4/c1-18(31-37-17-27(34)35)28-29(36)33(26-9-5-4-8-25(26)30-28)24-15-21-10-11-22(16-24)32(21)23-13-19-6-2-3-7-20(12-19)14-23/h4-5,8-9,19-24H,2-3,6-7,10-17H2,1H3,(H,34,35)/b31-18+/t19-,20+,21-,22+,23?,24+. The maximum absolute atomic E-state index is 13.8. The monoisotopic (exact) mass is 506 g/mol. The molecule has 4 aliphatic rings. The fraction of sp³-hybridized carbons (Fsp3) is 0.655. The number of rotatable bonds is 6. The number of para-hydroxylation sites is 2. The summed E-state index contributed by atoms with van der Waals surface area (Å²) in [6.45, 7) is 1.10. The molecule has 2 aliphatic carbocycles. The van der Waals surface area contributed by atoms with Crippen LogP contribution >= 0.6 is 0 Å². The molecule has 1 unspecified atom stereocenters. The van der Waals surface area contributed by atoms with Crippen LogP contribution < -0.4 is 5.56 Å². The van der Waals surface area contributed by atoms with Crippen molar-refractivity contribution in [1.29, 1.82) is 0 Å². The first-order chi connectivity index (χ1) is 18.0. The van der Waals surface area contributed by atoms with Crippen LogP contribution in [0.15, 0.2) is 34.2 Å². The third kappa shape index (κ3) is 4.80. The highest BCUT2D eigenvalue weighted by Gasteiger charge is 2.47. The first-order valence-electron chi connectivity index (χ1n) is 14.2. The number of hydrogen-bond acceptors (Lipinski definition) is 6. The summed E-state index contributed by atoms with van der Waals surface area (Å²) in [5, 5.41) is 12.7. The lowest BCUT2D eigenvalue weighted by molar-refractivity contribution is -0.142. The van der Waals surface area contributed by atoms with E-state index in [1.54, 1.807) is 6.92 Å². The van der Waals surface area contributed by atoms with Gasteiger partial charge < -0.3 is 14.5 Å². The maximum Gasteiger partial charge on any atom is 0.344 e. The molecule has 0 radical (unpaired) electrons. The Balaban J connectivity index is 1.29. The molecule has 6 rings (SSSR count). The van der Waals surface area contributed by atoms with Crippen LogP contribution in [-0.4, -0.2) is 56.0 Å². The van der Waals surface area contributed by atoms with Gasteiger partial charge in [0.1, 0.15) is 5.71 Å². The predicted octanol–water partition coefficient (Wildman–Crippen LogP) is 4.75. The number of carboxylic acid groups (broad SMARTS) is 1. The van der Waals surface area contributed by atoms with E-state index in [0.717, 1.165) is 35.7 Å². The molecule has 2 saturated heterocycles. The van der Waals surface area contributed by atoms with Crippen molar-refractivity contribution in [3.05, 3.63) is 40.3 Å². The molecule has 4 bridgehead atoms. The Kier molecular flexibility index (Phi) is 6.78. The second kappa shape index (κ2) is 10.2. The zero-order valence-corrected chi connectivity index (χ0v) is 21.7.